The number of nitrogens with one attached hydrogen (secondary N) is 1. The number of aromatic amines is 1. The Morgan fingerprint density at radius 3 is 3.06 bits per heavy atom. The van der Waals surface area contributed by atoms with Gasteiger partial charge in [-0.2, -0.15) is 5.10 Å². The van der Waals surface area contributed by atoms with Crippen LogP contribution < -0.4 is 0 Å². The van der Waals surface area contributed by atoms with Crippen molar-refractivity contribution < 1.29 is 0 Å². The predicted octanol–water partition coefficient (Wildman–Crippen LogP) is 2.65. The minimum Gasteiger partial charge on any atom is -0.304 e. The van der Waals surface area contributed by atoms with Crippen LogP contribution >= 0.6 is 12.2 Å². The standard InChI is InChI=1S/C12H13N3S/c1-2-15-11(13-14-12(15)16)10-7-8-5-3-4-6-9(8)10/h3-6,10H,2,7H2,1H3,(H,14,16). The minimum absolute atomic E-state index is 0.420. The molecular formula is C12H13N3S. The second-order valence-corrected chi connectivity index (χ2v) is 4.47. The molecule has 0 fully saturated rings. The van der Waals surface area contributed by atoms with Gasteiger partial charge in [-0.1, -0.05) is 24.3 Å². The van der Waals surface area contributed by atoms with Crippen LogP contribution in [-0.4, -0.2) is 14.8 Å². The zero-order valence-electron chi connectivity index (χ0n) is 9.10. The van der Waals surface area contributed by atoms with E-state index in [9.17, 15) is 0 Å². The van der Waals surface area contributed by atoms with Gasteiger partial charge in [-0.05, 0) is 36.7 Å². The molecule has 3 nitrogen and oxygen atoms in total. The van der Waals surface area contributed by atoms with Crippen LogP contribution in [0.25, 0.3) is 0 Å². The summed E-state index contributed by atoms with van der Waals surface area (Å²) in [5.74, 6) is 1.50. The van der Waals surface area contributed by atoms with Gasteiger partial charge in [0.05, 0.1) is 0 Å². The van der Waals surface area contributed by atoms with Gasteiger partial charge in [0.25, 0.3) is 0 Å². The number of hydrogen-bond donors (Lipinski definition) is 1. The summed E-state index contributed by atoms with van der Waals surface area (Å²) in [6.07, 6.45) is 1.08. The summed E-state index contributed by atoms with van der Waals surface area (Å²) in [6.45, 7) is 2.97. The molecule has 16 heavy (non-hydrogen) atoms. The van der Waals surface area contributed by atoms with Crippen LogP contribution in [0.3, 0.4) is 0 Å². The molecule has 0 radical (unpaired) electrons. The Morgan fingerprint density at radius 2 is 2.31 bits per heavy atom. The third-order valence-electron chi connectivity index (χ3n) is 3.27. The fourth-order valence-corrected chi connectivity index (χ4v) is 2.66. The van der Waals surface area contributed by atoms with Gasteiger partial charge >= 0.3 is 0 Å². The van der Waals surface area contributed by atoms with Gasteiger partial charge in [0.1, 0.15) is 5.82 Å². The normalized spacial score (nSPS) is 17.9. The van der Waals surface area contributed by atoms with Crippen molar-refractivity contribution in [2.24, 2.45) is 0 Å². The molecule has 82 valence electrons. The molecule has 0 spiro atoms. The van der Waals surface area contributed by atoms with Gasteiger partial charge in [-0.3, -0.25) is 5.10 Å². The highest BCUT2D eigenvalue weighted by atomic mass is 32.1. The van der Waals surface area contributed by atoms with E-state index in [0.717, 1.165) is 23.6 Å². The summed E-state index contributed by atoms with van der Waals surface area (Å²) in [5, 5.41) is 7.24. The van der Waals surface area contributed by atoms with Crippen LogP contribution in [0.5, 0.6) is 0 Å². The summed E-state index contributed by atoms with van der Waals surface area (Å²) in [7, 11) is 0. The molecule has 1 heterocycles. The molecule has 1 aliphatic rings. The fourth-order valence-electron chi connectivity index (χ4n) is 2.39. The van der Waals surface area contributed by atoms with Gasteiger partial charge < -0.3 is 4.57 Å². The molecule has 1 atom stereocenters. The van der Waals surface area contributed by atoms with Gasteiger partial charge in [-0.25, -0.2) is 0 Å². The molecule has 0 saturated carbocycles. The molecule has 0 bridgehead atoms. The number of aromatic nitrogens is 3. The first-order valence-corrected chi connectivity index (χ1v) is 5.95. The highest BCUT2D eigenvalue weighted by molar-refractivity contribution is 7.71. The average molecular weight is 231 g/mol. The molecule has 1 aliphatic carbocycles. The SMILES string of the molecule is CCn1c(C2Cc3ccccc32)n[nH]c1=S. The second-order valence-electron chi connectivity index (χ2n) is 4.09. The Morgan fingerprint density at radius 1 is 1.50 bits per heavy atom. The number of benzene rings is 1. The Balaban J connectivity index is 2.05. The van der Waals surface area contributed by atoms with Crippen molar-refractivity contribution in [3.05, 3.63) is 46.0 Å². The van der Waals surface area contributed by atoms with E-state index in [4.69, 9.17) is 12.2 Å². The summed E-state index contributed by atoms with van der Waals surface area (Å²) in [6, 6.07) is 8.54. The Hall–Kier alpha value is -1.42. The van der Waals surface area contributed by atoms with E-state index in [1.807, 2.05) is 0 Å². The summed E-state index contributed by atoms with van der Waals surface area (Å²) >= 11 is 5.21. The third kappa shape index (κ3) is 1.26. The van der Waals surface area contributed by atoms with E-state index in [-0.39, 0.29) is 0 Å². The number of nitrogens with zero attached hydrogens (tertiary/aromatic N) is 2. The van der Waals surface area contributed by atoms with Crippen LogP contribution in [0.2, 0.25) is 0 Å². The Kier molecular flexibility index (Phi) is 2.17. The van der Waals surface area contributed by atoms with Crippen molar-refractivity contribution in [2.75, 3.05) is 0 Å². The van der Waals surface area contributed by atoms with Gasteiger partial charge in [-0.15, -0.1) is 0 Å². The van der Waals surface area contributed by atoms with E-state index < -0.39 is 0 Å². The van der Waals surface area contributed by atoms with Crippen molar-refractivity contribution in [1.82, 2.24) is 14.8 Å². The van der Waals surface area contributed by atoms with Crippen molar-refractivity contribution in [1.29, 1.82) is 0 Å². The second kappa shape index (κ2) is 3.56. The molecule has 1 aromatic carbocycles. The van der Waals surface area contributed by atoms with Crippen LogP contribution in [0.15, 0.2) is 24.3 Å². The number of hydrogen-bond acceptors (Lipinski definition) is 2. The molecule has 0 aliphatic heterocycles. The lowest BCUT2D eigenvalue weighted by Crippen LogP contribution is -2.21. The first kappa shape index (κ1) is 9.78. The molecule has 1 unspecified atom stereocenters. The lowest BCUT2D eigenvalue weighted by molar-refractivity contribution is 0.595. The van der Waals surface area contributed by atoms with E-state index in [1.165, 1.54) is 11.1 Å². The van der Waals surface area contributed by atoms with Crippen molar-refractivity contribution in [2.45, 2.75) is 25.8 Å². The molecule has 4 heteroatoms. The van der Waals surface area contributed by atoms with Crippen LogP contribution in [0.4, 0.5) is 0 Å². The van der Waals surface area contributed by atoms with Crippen molar-refractivity contribution >= 4 is 12.2 Å². The minimum atomic E-state index is 0.420. The highest BCUT2D eigenvalue weighted by Crippen LogP contribution is 2.38. The Labute approximate surface area is 99.1 Å². The smallest absolute Gasteiger partial charge is 0.195 e. The molecular weight excluding hydrogens is 218 g/mol. The number of rotatable bonds is 2. The van der Waals surface area contributed by atoms with Crippen LogP contribution in [0, 0.1) is 4.77 Å². The quantitative estimate of drug-likeness (QED) is 0.806. The largest absolute Gasteiger partial charge is 0.304 e. The van der Waals surface area contributed by atoms with Crippen molar-refractivity contribution in [3.63, 3.8) is 0 Å². The van der Waals surface area contributed by atoms with Gasteiger partial charge in [0, 0.05) is 12.5 Å². The fraction of sp³-hybridized carbons (Fsp3) is 0.333. The number of fused-ring (bicyclic) bond motifs is 1. The molecule has 0 amide bonds. The van der Waals surface area contributed by atoms with Gasteiger partial charge in [0.2, 0.25) is 0 Å². The third-order valence-corrected chi connectivity index (χ3v) is 3.58. The maximum absolute atomic E-state index is 5.21. The lowest BCUT2D eigenvalue weighted by Gasteiger charge is -2.29. The van der Waals surface area contributed by atoms with Crippen LogP contribution in [0.1, 0.15) is 29.8 Å². The van der Waals surface area contributed by atoms with E-state index in [1.54, 1.807) is 0 Å². The summed E-state index contributed by atoms with van der Waals surface area (Å²) in [5.41, 5.74) is 2.83. The monoisotopic (exact) mass is 231 g/mol. The first-order valence-electron chi connectivity index (χ1n) is 5.54. The molecule has 3 rings (SSSR count). The predicted molar refractivity (Wildman–Crippen MR) is 65.1 cm³/mol. The topological polar surface area (TPSA) is 33.6 Å². The molecule has 0 saturated heterocycles. The number of H-pyrrole nitrogens is 1. The van der Waals surface area contributed by atoms with Gasteiger partial charge in [0.15, 0.2) is 4.77 Å². The molecule has 1 aromatic heterocycles. The highest BCUT2D eigenvalue weighted by Gasteiger charge is 2.30. The zero-order chi connectivity index (χ0) is 11.1. The van der Waals surface area contributed by atoms with E-state index >= 15 is 0 Å². The maximum atomic E-state index is 5.21. The average Bonchev–Trinajstić information content (AvgIpc) is 2.62. The maximum Gasteiger partial charge on any atom is 0.195 e. The summed E-state index contributed by atoms with van der Waals surface area (Å²) in [4.78, 5) is 0. The summed E-state index contributed by atoms with van der Waals surface area (Å²) < 4.78 is 2.80. The zero-order valence-corrected chi connectivity index (χ0v) is 9.92. The van der Waals surface area contributed by atoms with Crippen LogP contribution in [-0.2, 0) is 13.0 Å². The Bertz CT molecular complexity index is 582. The molecule has 2 aromatic rings. The first-order chi connectivity index (χ1) is 7.81. The van der Waals surface area contributed by atoms with E-state index in [0.29, 0.717) is 5.92 Å². The molecule has 1 N–H and O–H groups in total. The van der Waals surface area contributed by atoms with E-state index in [2.05, 4.69) is 46.0 Å². The lowest BCUT2D eigenvalue weighted by atomic mass is 9.77. The van der Waals surface area contributed by atoms with Crippen molar-refractivity contribution in [3.8, 4) is 0 Å².